The number of hydrogen-bond acceptors (Lipinski definition) is 9. The van der Waals surface area contributed by atoms with E-state index in [0.29, 0.717) is 10.8 Å². The van der Waals surface area contributed by atoms with E-state index in [4.69, 9.17) is 8.83 Å². The van der Waals surface area contributed by atoms with Crippen LogP contribution < -0.4 is 0 Å². The molecule has 7 nitrogen and oxygen atoms in total. The molecule has 0 saturated heterocycles. The van der Waals surface area contributed by atoms with E-state index in [-0.39, 0.29) is 22.4 Å². The zero-order chi connectivity index (χ0) is 18.8. The van der Waals surface area contributed by atoms with Gasteiger partial charge < -0.3 is 13.9 Å². The molecule has 0 aliphatic rings. The summed E-state index contributed by atoms with van der Waals surface area (Å²) in [6.45, 7) is 1.75. The van der Waals surface area contributed by atoms with E-state index < -0.39 is 5.25 Å². The maximum absolute atomic E-state index is 10.6. The molecule has 0 aliphatic heterocycles. The second-order valence-electron chi connectivity index (χ2n) is 5.47. The highest BCUT2D eigenvalue weighted by molar-refractivity contribution is 7.99. The molecule has 3 heterocycles. The molecule has 0 spiro atoms. The Morgan fingerprint density at radius 2 is 2.11 bits per heavy atom. The predicted molar refractivity (Wildman–Crippen MR) is 102 cm³/mol. The summed E-state index contributed by atoms with van der Waals surface area (Å²) in [5, 5.41) is 28.3. The fourth-order valence-electron chi connectivity index (χ4n) is 2.36. The van der Waals surface area contributed by atoms with Gasteiger partial charge in [0.1, 0.15) is 22.4 Å². The van der Waals surface area contributed by atoms with Crippen molar-refractivity contribution >= 4 is 38.9 Å². The van der Waals surface area contributed by atoms with Crippen LogP contribution in [0, 0.1) is 11.3 Å². The van der Waals surface area contributed by atoms with Gasteiger partial charge in [-0.2, -0.15) is 5.26 Å². The minimum absolute atomic E-state index is 0.0840. The van der Waals surface area contributed by atoms with E-state index in [0.717, 1.165) is 22.0 Å². The molecule has 0 amide bonds. The molecule has 0 fully saturated rings. The molecule has 0 aliphatic carbocycles. The molecule has 3 aromatic heterocycles. The van der Waals surface area contributed by atoms with Crippen LogP contribution in [0.25, 0.3) is 27.4 Å². The summed E-state index contributed by atoms with van der Waals surface area (Å²) < 4.78 is 11.7. The number of hydrogen-bond donors (Lipinski definition) is 1. The summed E-state index contributed by atoms with van der Waals surface area (Å²) >= 11 is 2.51. The number of nitriles is 1. The van der Waals surface area contributed by atoms with Gasteiger partial charge in [-0.3, -0.25) is 0 Å². The molecule has 27 heavy (non-hydrogen) atoms. The van der Waals surface area contributed by atoms with Gasteiger partial charge in [-0.15, -0.1) is 21.5 Å². The first-order chi connectivity index (χ1) is 13.2. The van der Waals surface area contributed by atoms with Crippen molar-refractivity contribution in [2.24, 2.45) is 0 Å². The van der Waals surface area contributed by atoms with E-state index in [2.05, 4.69) is 21.3 Å². The average Bonchev–Trinajstić information content (AvgIpc) is 3.42. The van der Waals surface area contributed by atoms with Crippen molar-refractivity contribution in [3.05, 3.63) is 53.4 Å². The van der Waals surface area contributed by atoms with Gasteiger partial charge in [-0.25, -0.2) is 4.98 Å². The molecule has 0 saturated carbocycles. The Hall–Kier alpha value is -3.09. The van der Waals surface area contributed by atoms with Gasteiger partial charge in [0.25, 0.3) is 11.1 Å². The highest BCUT2D eigenvalue weighted by Gasteiger charge is 2.22. The minimum Gasteiger partial charge on any atom is -0.510 e. The number of allylic oxidation sites excluding steroid dienone is 1. The summed E-state index contributed by atoms with van der Waals surface area (Å²) in [4.78, 5) is 4.44. The first-order valence-electron chi connectivity index (χ1n) is 7.89. The van der Waals surface area contributed by atoms with Crippen LogP contribution in [0.5, 0.6) is 0 Å². The number of furan rings is 1. The van der Waals surface area contributed by atoms with Gasteiger partial charge in [-0.05, 0) is 31.2 Å². The van der Waals surface area contributed by atoms with Crippen LogP contribution in [-0.2, 0) is 0 Å². The Labute approximate surface area is 162 Å². The number of benzene rings is 1. The third kappa shape index (κ3) is 3.45. The minimum atomic E-state index is -0.475. The van der Waals surface area contributed by atoms with Crippen molar-refractivity contribution in [2.45, 2.75) is 17.4 Å². The van der Waals surface area contributed by atoms with Crippen molar-refractivity contribution in [1.29, 1.82) is 5.26 Å². The molecule has 1 unspecified atom stereocenters. The lowest BCUT2D eigenvalue weighted by molar-refractivity contribution is 0.399. The van der Waals surface area contributed by atoms with Gasteiger partial charge in [0.05, 0.1) is 21.7 Å². The topological polar surface area (TPSA) is 109 Å². The van der Waals surface area contributed by atoms with Crippen LogP contribution in [0.4, 0.5) is 0 Å². The zero-order valence-electron chi connectivity index (χ0n) is 14.0. The molecular weight excluding hydrogens is 384 g/mol. The fourth-order valence-corrected chi connectivity index (χ4v) is 4.08. The molecule has 1 aromatic carbocycles. The van der Waals surface area contributed by atoms with Gasteiger partial charge in [0.15, 0.2) is 5.76 Å². The van der Waals surface area contributed by atoms with Gasteiger partial charge in [0.2, 0.25) is 0 Å². The molecule has 4 rings (SSSR count). The Balaban J connectivity index is 1.59. The molecule has 0 bridgehead atoms. The lowest BCUT2D eigenvalue weighted by Crippen LogP contribution is -2.04. The van der Waals surface area contributed by atoms with Crippen molar-refractivity contribution in [1.82, 2.24) is 15.2 Å². The summed E-state index contributed by atoms with van der Waals surface area (Å²) in [7, 11) is 0. The van der Waals surface area contributed by atoms with Crippen LogP contribution in [0.15, 0.2) is 62.5 Å². The Morgan fingerprint density at radius 3 is 2.85 bits per heavy atom. The first kappa shape index (κ1) is 17.3. The third-order valence-corrected chi connectivity index (χ3v) is 5.67. The number of para-hydroxylation sites is 1. The van der Waals surface area contributed by atoms with Crippen LogP contribution in [0.1, 0.15) is 11.9 Å². The smallest absolute Gasteiger partial charge is 0.284 e. The van der Waals surface area contributed by atoms with Gasteiger partial charge >= 0.3 is 0 Å². The van der Waals surface area contributed by atoms with Crippen LogP contribution in [-0.4, -0.2) is 25.5 Å². The van der Waals surface area contributed by atoms with E-state index in [1.54, 1.807) is 19.1 Å². The normalized spacial score (nSPS) is 13.3. The number of nitrogens with zero attached hydrogens (tertiary/aromatic N) is 4. The van der Waals surface area contributed by atoms with Crippen molar-refractivity contribution in [2.75, 3.05) is 0 Å². The van der Waals surface area contributed by atoms with Crippen LogP contribution in [0.2, 0.25) is 0 Å². The quantitative estimate of drug-likeness (QED) is 0.288. The van der Waals surface area contributed by atoms with E-state index in [9.17, 15) is 10.4 Å². The molecular formula is C18H12N4O3S2. The summed E-state index contributed by atoms with van der Waals surface area (Å²) in [6, 6.07) is 13.1. The third-order valence-electron chi connectivity index (χ3n) is 3.68. The first-order valence-corrected chi connectivity index (χ1v) is 9.58. The molecule has 134 valence electrons. The second kappa shape index (κ2) is 7.26. The number of aromatic nitrogens is 3. The molecule has 1 atom stereocenters. The number of aliphatic hydroxyl groups excluding tert-OH is 1. The molecule has 1 N–H and O–H groups in total. The Bertz CT molecular complexity index is 1120. The summed E-state index contributed by atoms with van der Waals surface area (Å²) in [5.74, 6) is 0.637. The largest absolute Gasteiger partial charge is 0.510 e. The van der Waals surface area contributed by atoms with Crippen LogP contribution >= 0.6 is 23.1 Å². The monoisotopic (exact) mass is 396 g/mol. The van der Waals surface area contributed by atoms with E-state index in [1.807, 2.05) is 24.3 Å². The lowest BCUT2D eigenvalue weighted by atomic mass is 10.2. The second-order valence-corrected chi connectivity index (χ2v) is 7.79. The maximum Gasteiger partial charge on any atom is 0.284 e. The van der Waals surface area contributed by atoms with Gasteiger partial charge in [-0.1, -0.05) is 23.9 Å². The SMILES string of the molecule is CC(Sc1nnc(-c2ccco2)o1)/C(O)=C(\C#N)c1nc2ccccc2s1. The highest BCUT2D eigenvalue weighted by atomic mass is 32.2. The summed E-state index contributed by atoms with van der Waals surface area (Å²) in [6.07, 6.45) is 1.51. The highest BCUT2D eigenvalue weighted by Crippen LogP contribution is 2.34. The van der Waals surface area contributed by atoms with Gasteiger partial charge in [0, 0.05) is 0 Å². The van der Waals surface area contributed by atoms with Crippen molar-refractivity contribution in [3.8, 4) is 17.7 Å². The molecule has 4 aromatic rings. The number of thioether (sulfide) groups is 1. The van der Waals surface area contributed by atoms with Crippen molar-refractivity contribution < 1.29 is 13.9 Å². The summed E-state index contributed by atoms with van der Waals surface area (Å²) in [5.41, 5.74) is 0.931. The zero-order valence-corrected chi connectivity index (χ0v) is 15.6. The van der Waals surface area contributed by atoms with E-state index in [1.165, 1.54) is 17.6 Å². The number of aliphatic hydroxyl groups is 1. The van der Waals surface area contributed by atoms with E-state index >= 15 is 0 Å². The van der Waals surface area contributed by atoms with Crippen molar-refractivity contribution in [3.63, 3.8) is 0 Å². The Morgan fingerprint density at radius 1 is 1.26 bits per heavy atom. The fraction of sp³-hybridized carbons (Fsp3) is 0.111. The average molecular weight is 396 g/mol. The number of fused-ring (bicyclic) bond motifs is 1. The molecule has 0 radical (unpaired) electrons. The standard InChI is InChI=1S/C18H12N4O3S2/c1-10(26-18-22-21-16(25-18)13-6-4-8-24-13)15(23)11(9-19)17-20-12-5-2-3-7-14(12)27-17/h2-8,10,23H,1H3/b15-11-. The predicted octanol–water partition coefficient (Wildman–Crippen LogP) is 4.91. The Kier molecular flexibility index (Phi) is 4.66. The van der Waals surface area contributed by atoms with Crippen LogP contribution in [0.3, 0.4) is 0 Å². The number of thiazole rings is 1. The number of rotatable bonds is 5. The molecule has 9 heteroatoms. The lowest BCUT2D eigenvalue weighted by Gasteiger charge is -2.08. The maximum atomic E-state index is 10.6.